The molecule has 2 aliphatic rings. The SMILES string of the molecule is Clc1c(N(c2ccccc2)c2csc3ccccc23)cc(-c2ccc3c4c(sc3c2)B2c3sc5ccccc5c3N(c3ccccc3)c3cccc(c32)N4c2ccccc2)cc1N(c1ccccc1)c1csc2ccccc12. The van der Waals surface area contributed by atoms with Gasteiger partial charge in [-0.3, -0.25) is 0 Å². The number of halogens is 1. The minimum Gasteiger partial charge on any atom is -0.310 e. The Balaban J connectivity index is 0.957. The summed E-state index contributed by atoms with van der Waals surface area (Å²) in [5, 5.41) is 10.1. The predicted molar refractivity (Wildman–Crippen MR) is 342 cm³/mol. The fourth-order valence-electron chi connectivity index (χ4n) is 12.1. The smallest absolute Gasteiger partial charge is 0.277 e. The van der Waals surface area contributed by atoms with Crippen LogP contribution >= 0.6 is 56.9 Å². The van der Waals surface area contributed by atoms with Gasteiger partial charge in [-0.2, -0.15) is 0 Å². The zero-order valence-electron chi connectivity index (χ0n) is 41.6. The molecule has 0 bridgehead atoms. The summed E-state index contributed by atoms with van der Waals surface area (Å²) in [6.45, 7) is 0.0211. The van der Waals surface area contributed by atoms with Gasteiger partial charge in [-0.25, -0.2) is 0 Å². The molecule has 16 rings (SSSR count). The molecule has 14 aromatic rings. The van der Waals surface area contributed by atoms with Gasteiger partial charge < -0.3 is 19.6 Å². The van der Waals surface area contributed by atoms with Crippen LogP contribution in [0.1, 0.15) is 0 Å². The van der Waals surface area contributed by atoms with E-state index in [1.54, 1.807) is 22.7 Å². The van der Waals surface area contributed by atoms with Crippen LogP contribution in [0.3, 0.4) is 0 Å². The third-order valence-corrected chi connectivity index (χ3v) is 20.1. The van der Waals surface area contributed by atoms with Crippen molar-refractivity contribution in [2.45, 2.75) is 0 Å². The molecule has 0 spiro atoms. The van der Waals surface area contributed by atoms with Crippen molar-refractivity contribution >= 4 is 187 Å². The van der Waals surface area contributed by atoms with Gasteiger partial charge in [0.2, 0.25) is 0 Å². The van der Waals surface area contributed by atoms with E-state index >= 15 is 0 Å². The molecule has 0 unspecified atom stereocenters. The summed E-state index contributed by atoms with van der Waals surface area (Å²) in [6, 6.07) is 88.3. The largest absolute Gasteiger partial charge is 0.310 e. The van der Waals surface area contributed by atoms with Crippen molar-refractivity contribution in [2.24, 2.45) is 0 Å². The quantitative estimate of drug-likeness (QED) is 0.134. The Morgan fingerprint density at radius 3 is 1.32 bits per heavy atom. The van der Waals surface area contributed by atoms with Crippen LogP contribution in [0.25, 0.3) is 51.5 Å². The van der Waals surface area contributed by atoms with E-state index in [0.717, 1.165) is 56.6 Å². The van der Waals surface area contributed by atoms with E-state index in [9.17, 15) is 0 Å². The third-order valence-electron chi connectivity index (χ3n) is 15.4. The molecular weight excluding hydrogens is 1050 g/mol. The molecule has 0 amide bonds. The summed E-state index contributed by atoms with van der Waals surface area (Å²) in [4.78, 5) is 9.79. The van der Waals surface area contributed by atoms with E-state index in [-0.39, 0.29) is 6.71 Å². The molecule has 4 nitrogen and oxygen atoms in total. The number of para-hydroxylation sites is 4. The second-order valence-corrected chi connectivity index (χ2v) is 24.1. The minimum absolute atomic E-state index is 0.0211. The van der Waals surface area contributed by atoms with Crippen LogP contribution in [-0.4, -0.2) is 6.71 Å². The maximum atomic E-state index is 8.16. The van der Waals surface area contributed by atoms with Crippen molar-refractivity contribution in [1.29, 1.82) is 0 Å². The van der Waals surface area contributed by atoms with E-state index in [4.69, 9.17) is 11.6 Å². The molecule has 0 aliphatic carbocycles. The number of rotatable bonds is 9. The van der Waals surface area contributed by atoms with E-state index in [1.165, 1.54) is 78.1 Å². The second kappa shape index (κ2) is 18.4. The summed E-state index contributed by atoms with van der Waals surface area (Å²) < 4.78 is 7.68. The van der Waals surface area contributed by atoms with Crippen LogP contribution in [0.5, 0.6) is 0 Å². The normalized spacial score (nSPS) is 12.6. The van der Waals surface area contributed by atoms with Gasteiger partial charge in [0.15, 0.2) is 0 Å². The molecule has 10 aromatic carbocycles. The topological polar surface area (TPSA) is 13.0 Å². The number of fused-ring (bicyclic) bond motifs is 10. The molecule has 4 aromatic heterocycles. The van der Waals surface area contributed by atoms with Gasteiger partial charge in [0.25, 0.3) is 6.71 Å². The lowest BCUT2D eigenvalue weighted by atomic mass is 9.39. The first-order chi connectivity index (χ1) is 38.6. The molecule has 0 radical (unpaired) electrons. The molecule has 0 fully saturated rings. The molecule has 368 valence electrons. The van der Waals surface area contributed by atoms with Crippen molar-refractivity contribution in [1.82, 2.24) is 0 Å². The van der Waals surface area contributed by atoms with Crippen LogP contribution in [0, 0.1) is 0 Å². The summed E-state index contributed by atoms with van der Waals surface area (Å²) >= 11 is 15.6. The van der Waals surface area contributed by atoms with Crippen molar-refractivity contribution < 1.29 is 0 Å². The Bertz CT molecular complexity index is 4490. The highest BCUT2D eigenvalue weighted by Gasteiger charge is 2.47. The first-order valence-corrected chi connectivity index (χ1v) is 29.8. The Labute approximate surface area is 472 Å². The highest BCUT2D eigenvalue weighted by Crippen LogP contribution is 2.54. The zero-order chi connectivity index (χ0) is 51.4. The predicted octanol–water partition coefficient (Wildman–Crippen LogP) is 19.9. The Hall–Kier alpha value is -8.41. The summed E-state index contributed by atoms with van der Waals surface area (Å²) in [6.07, 6.45) is 0. The number of benzene rings is 10. The Morgan fingerprint density at radius 1 is 0.359 bits per heavy atom. The van der Waals surface area contributed by atoms with Gasteiger partial charge in [0.05, 0.1) is 39.1 Å². The fourth-order valence-corrected chi connectivity index (χ4v) is 16.9. The number of hydrogen-bond donors (Lipinski definition) is 0. The van der Waals surface area contributed by atoms with Crippen LogP contribution < -0.4 is 34.6 Å². The van der Waals surface area contributed by atoms with Crippen LogP contribution in [-0.2, 0) is 0 Å². The standard InChI is InChI=1S/C68H42BClN4S4/c70-64-55(71(45-20-5-1-6-21-45)57-41-75-59-33-16-13-28-49(57)59)38-44(39-56(64)72(46-22-7-2-8-23-46)58-42-76-60-34-17-14-29-50(58)60)43-36-37-52-62(40-43)78-68-66(52)74(48-26-11-4-12-27-48)54-32-19-31-53-63(54)69(68)67-65(51-30-15-18-35-61(51)77-67)73(53)47-24-9-3-10-25-47/h1-42H. The van der Waals surface area contributed by atoms with Crippen molar-refractivity contribution in [3.05, 3.63) is 258 Å². The summed E-state index contributed by atoms with van der Waals surface area (Å²) in [7, 11) is 0. The molecule has 6 heterocycles. The van der Waals surface area contributed by atoms with Gasteiger partial charge in [0.1, 0.15) is 0 Å². The minimum atomic E-state index is 0.0211. The summed E-state index contributed by atoms with van der Waals surface area (Å²) in [5.41, 5.74) is 16.8. The van der Waals surface area contributed by atoms with Gasteiger partial charge in [-0.1, -0.05) is 157 Å². The number of hydrogen-bond acceptors (Lipinski definition) is 8. The highest BCUT2D eigenvalue weighted by molar-refractivity contribution is 7.40. The number of anilines is 12. The molecule has 10 heteroatoms. The first-order valence-electron chi connectivity index (χ1n) is 26.0. The monoisotopic (exact) mass is 1090 g/mol. The van der Waals surface area contributed by atoms with Gasteiger partial charge in [-0.05, 0) is 114 Å². The summed E-state index contributed by atoms with van der Waals surface area (Å²) in [5.74, 6) is 0. The van der Waals surface area contributed by atoms with E-state index < -0.39 is 0 Å². The van der Waals surface area contributed by atoms with Gasteiger partial charge in [-0.15, -0.1) is 45.3 Å². The van der Waals surface area contributed by atoms with Crippen LogP contribution in [0.2, 0.25) is 5.02 Å². The number of nitrogens with zero attached hydrogens (tertiary/aromatic N) is 4. The van der Waals surface area contributed by atoms with Crippen LogP contribution in [0.4, 0.5) is 68.2 Å². The Morgan fingerprint density at radius 2 is 0.795 bits per heavy atom. The molecular formula is C68H42BClN4S4. The van der Waals surface area contributed by atoms with Crippen LogP contribution in [0.15, 0.2) is 253 Å². The fraction of sp³-hybridized carbons (Fsp3) is 0. The van der Waals surface area contributed by atoms with E-state index in [1.807, 2.05) is 22.7 Å². The second-order valence-electron chi connectivity index (χ2n) is 19.7. The number of thiophene rings is 4. The first kappa shape index (κ1) is 45.8. The molecule has 0 saturated carbocycles. The van der Waals surface area contributed by atoms with Gasteiger partial charge in [0, 0.05) is 94.8 Å². The third kappa shape index (κ3) is 7.09. The van der Waals surface area contributed by atoms with E-state index in [2.05, 4.69) is 273 Å². The molecule has 0 saturated heterocycles. The lowest BCUT2D eigenvalue weighted by molar-refractivity contribution is 1.27. The van der Waals surface area contributed by atoms with Crippen molar-refractivity contribution in [3.63, 3.8) is 0 Å². The maximum Gasteiger partial charge on any atom is 0.277 e. The molecule has 78 heavy (non-hydrogen) atoms. The van der Waals surface area contributed by atoms with Crippen molar-refractivity contribution in [2.75, 3.05) is 19.6 Å². The average molecular weight is 1090 g/mol. The Kier molecular flexibility index (Phi) is 10.8. The molecule has 0 atom stereocenters. The van der Waals surface area contributed by atoms with Crippen molar-refractivity contribution in [3.8, 4) is 11.1 Å². The molecule has 0 N–H and O–H groups in total. The van der Waals surface area contributed by atoms with E-state index in [0.29, 0.717) is 5.02 Å². The lowest BCUT2D eigenvalue weighted by Crippen LogP contribution is -2.59. The maximum absolute atomic E-state index is 8.16. The lowest BCUT2D eigenvalue weighted by Gasteiger charge is -2.42. The average Bonchev–Trinajstić information content (AvgIpc) is 3.97. The zero-order valence-corrected chi connectivity index (χ0v) is 45.6. The highest BCUT2D eigenvalue weighted by atomic mass is 35.5. The molecule has 2 aliphatic heterocycles. The van der Waals surface area contributed by atoms with Gasteiger partial charge >= 0.3 is 0 Å².